The highest BCUT2D eigenvalue weighted by atomic mass is 35.5. The lowest BCUT2D eigenvalue weighted by atomic mass is 9.93. The Balaban J connectivity index is 1.01. The average Bonchev–Trinajstić information content (AvgIpc) is 3.35. The van der Waals surface area contributed by atoms with Gasteiger partial charge >= 0.3 is 0 Å². The average molecular weight is 659 g/mol. The smallest absolute Gasteiger partial charge is 0.268 e. The predicted octanol–water partition coefficient (Wildman–Crippen LogP) is 2.92. The van der Waals surface area contributed by atoms with Crippen molar-refractivity contribution in [2.24, 2.45) is 5.73 Å². The van der Waals surface area contributed by atoms with Crippen molar-refractivity contribution in [3.8, 4) is 0 Å². The van der Waals surface area contributed by atoms with Crippen LogP contribution in [0.15, 0.2) is 54.7 Å². The minimum atomic E-state index is -2.26. The topological polar surface area (TPSA) is 124 Å². The summed E-state index contributed by atoms with van der Waals surface area (Å²) in [7, 11) is 0. The van der Waals surface area contributed by atoms with Crippen molar-refractivity contribution in [3.63, 3.8) is 0 Å². The van der Waals surface area contributed by atoms with E-state index in [-0.39, 0.29) is 36.1 Å². The van der Waals surface area contributed by atoms with Crippen LogP contribution in [0.2, 0.25) is 5.02 Å². The number of anilines is 2. The first-order valence-electron chi connectivity index (χ1n) is 15.1. The summed E-state index contributed by atoms with van der Waals surface area (Å²) < 4.78 is 47.6. The second-order valence-electron chi connectivity index (χ2n) is 11.9. The van der Waals surface area contributed by atoms with Crippen molar-refractivity contribution in [1.29, 1.82) is 0 Å². The van der Waals surface area contributed by atoms with Crippen LogP contribution in [0.5, 0.6) is 0 Å². The number of carbonyl (C=O) groups is 2. The fraction of sp³-hybridized carbons (Fsp3) is 0.406. The lowest BCUT2D eigenvalue weighted by molar-refractivity contribution is -0.149. The number of amides is 2. The fourth-order valence-corrected chi connectivity index (χ4v) is 6.64. The summed E-state index contributed by atoms with van der Waals surface area (Å²) in [5.41, 5.74) is 5.08. The lowest BCUT2D eigenvalue weighted by Gasteiger charge is -2.44. The van der Waals surface area contributed by atoms with E-state index in [2.05, 4.69) is 20.1 Å². The maximum absolute atomic E-state index is 14.3. The van der Waals surface area contributed by atoms with E-state index in [1.165, 1.54) is 23.2 Å². The minimum Gasteiger partial charge on any atom is -0.372 e. The van der Waals surface area contributed by atoms with E-state index < -0.39 is 47.0 Å². The number of rotatable bonds is 7. The third-order valence-corrected chi connectivity index (χ3v) is 9.13. The number of nitrogens with zero attached hydrogens (tertiary/aromatic N) is 4. The summed E-state index contributed by atoms with van der Waals surface area (Å²) in [4.78, 5) is 36.2. The number of hydrogen-bond donors (Lipinski definition) is 3. The molecule has 14 heteroatoms. The van der Waals surface area contributed by atoms with E-state index in [1.807, 2.05) is 0 Å². The monoisotopic (exact) mass is 658 g/mol. The van der Waals surface area contributed by atoms with E-state index in [4.69, 9.17) is 22.1 Å². The summed E-state index contributed by atoms with van der Waals surface area (Å²) in [6.45, 7) is 3.17. The molecular weight excluding hydrogens is 625 g/mol. The second kappa shape index (κ2) is 13.2. The second-order valence-corrected chi connectivity index (χ2v) is 12.3. The Morgan fingerprint density at radius 1 is 1.07 bits per heavy atom. The van der Waals surface area contributed by atoms with Gasteiger partial charge in [-0.15, -0.1) is 0 Å². The molecule has 1 aromatic heterocycles. The number of benzene rings is 2. The molecule has 3 aliphatic rings. The number of aliphatic hydroxyl groups is 1. The molecule has 3 saturated heterocycles. The van der Waals surface area contributed by atoms with Crippen molar-refractivity contribution in [3.05, 3.63) is 88.3 Å². The zero-order valence-electron chi connectivity index (χ0n) is 24.8. The number of nitrogens with one attached hydrogen (secondary N) is 1. The molecule has 4 atom stereocenters. The number of ether oxygens (including phenoxy) is 1. The molecule has 4 heterocycles. The Hall–Kier alpha value is -3.75. The van der Waals surface area contributed by atoms with Gasteiger partial charge in [0.05, 0.1) is 18.5 Å². The van der Waals surface area contributed by atoms with E-state index >= 15 is 0 Å². The van der Waals surface area contributed by atoms with Gasteiger partial charge in [0.1, 0.15) is 29.4 Å². The summed E-state index contributed by atoms with van der Waals surface area (Å²) in [6, 6.07) is 10.2. The molecule has 0 spiro atoms. The van der Waals surface area contributed by atoms with Crippen molar-refractivity contribution in [1.82, 2.24) is 15.2 Å². The zero-order chi connectivity index (χ0) is 32.6. The first kappa shape index (κ1) is 32.2. The van der Waals surface area contributed by atoms with Gasteiger partial charge in [-0.05, 0) is 60.5 Å². The highest BCUT2D eigenvalue weighted by molar-refractivity contribution is 6.30. The van der Waals surface area contributed by atoms with Crippen LogP contribution in [0.4, 0.5) is 24.7 Å². The predicted molar refractivity (Wildman–Crippen MR) is 165 cm³/mol. The van der Waals surface area contributed by atoms with Gasteiger partial charge < -0.3 is 30.7 Å². The molecule has 0 bridgehead atoms. The molecule has 0 radical (unpaired) electrons. The molecule has 0 unspecified atom stereocenters. The Bertz CT molecular complexity index is 1590. The maximum Gasteiger partial charge on any atom is 0.268 e. The fourth-order valence-electron chi connectivity index (χ4n) is 6.40. The van der Waals surface area contributed by atoms with Crippen molar-refractivity contribution in [2.75, 3.05) is 49.1 Å². The summed E-state index contributed by atoms with van der Waals surface area (Å²) in [5, 5.41) is 13.6. The first-order chi connectivity index (χ1) is 22.0. The third kappa shape index (κ3) is 6.56. The Morgan fingerprint density at radius 3 is 2.54 bits per heavy atom. The van der Waals surface area contributed by atoms with Gasteiger partial charge in [-0.25, -0.2) is 18.2 Å². The van der Waals surface area contributed by atoms with Gasteiger partial charge in [0.15, 0.2) is 0 Å². The Kier molecular flexibility index (Phi) is 9.22. The molecule has 2 aromatic carbocycles. The van der Waals surface area contributed by atoms with Gasteiger partial charge in [0, 0.05) is 68.4 Å². The maximum atomic E-state index is 14.3. The summed E-state index contributed by atoms with van der Waals surface area (Å²) in [5.74, 6) is -2.55. The summed E-state index contributed by atoms with van der Waals surface area (Å²) in [6.07, 6.45) is 1.31. The Labute approximate surface area is 268 Å². The normalized spacial score (nSPS) is 25.6. The third-order valence-electron chi connectivity index (χ3n) is 8.91. The van der Waals surface area contributed by atoms with Crippen LogP contribution in [-0.2, 0) is 20.9 Å². The largest absolute Gasteiger partial charge is 0.372 e. The van der Waals surface area contributed by atoms with Crippen LogP contribution >= 0.6 is 11.6 Å². The standard InChI is InChI=1S/C32H34ClF3N6O4/c33-20-11-19(12-22(35)13-20)16-39-30(43)32(45)5-6-42(31(32)44)23-2-4-28(38-17-23)41-9-7-40(8-10-41)24-15-27(37)29(46-18-24)25-14-21(34)1-3-26(25)36/h1-4,11-14,17,24,27,29,45H,5-10,15-16,18,37H2,(H,39,43)/t24-,27+,29-,32+/m1/s1. The number of pyridine rings is 1. The van der Waals surface area contributed by atoms with Crippen molar-refractivity contribution in [2.45, 2.75) is 43.2 Å². The zero-order valence-corrected chi connectivity index (χ0v) is 25.6. The van der Waals surface area contributed by atoms with E-state index in [0.29, 0.717) is 37.4 Å². The van der Waals surface area contributed by atoms with Crippen LogP contribution in [0.25, 0.3) is 0 Å². The SMILES string of the molecule is N[C@H]1C[C@@H](N2CCN(c3ccc(N4CC[C@](O)(C(=O)NCc5cc(F)cc(Cl)c5)C4=O)cn3)CC2)CO[C@@H]1c1cc(F)ccc1F. The molecule has 6 rings (SSSR count). The molecule has 0 aliphatic carbocycles. The number of aromatic nitrogens is 1. The van der Waals surface area contributed by atoms with Crippen molar-refractivity contribution >= 4 is 34.9 Å². The van der Waals surface area contributed by atoms with Crippen LogP contribution in [0.1, 0.15) is 30.1 Å². The van der Waals surface area contributed by atoms with Gasteiger partial charge in [0.2, 0.25) is 5.60 Å². The van der Waals surface area contributed by atoms with Gasteiger partial charge in [-0.2, -0.15) is 0 Å². The number of piperazine rings is 1. The lowest BCUT2D eigenvalue weighted by Crippen LogP contribution is -2.55. The van der Waals surface area contributed by atoms with Gasteiger partial charge in [-0.3, -0.25) is 14.5 Å². The van der Waals surface area contributed by atoms with Crippen LogP contribution < -0.4 is 20.9 Å². The quantitative estimate of drug-likeness (QED) is 0.331. The van der Waals surface area contributed by atoms with E-state index in [0.717, 1.165) is 43.2 Å². The van der Waals surface area contributed by atoms with Crippen LogP contribution in [0, 0.1) is 17.5 Å². The molecule has 0 saturated carbocycles. The molecule has 2 amide bonds. The molecule has 244 valence electrons. The van der Waals surface area contributed by atoms with Gasteiger partial charge in [0.25, 0.3) is 11.8 Å². The van der Waals surface area contributed by atoms with Gasteiger partial charge in [-0.1, -0.05) is 11.6 Å². The van der Waals surface area contributed by atoms with Crippen LogP contribution in [-0.4, -0.2) is 83.8 Å². The molecule has 3 aliphatic heterocycles. The number of hydrogen-bond acceptors (Lipinski definition) is 8. The highest BCUT2D eigenvalue weighted by Gasteiger charge is 2.51. The van der Waals surface area contributed by atoms with Crippen LogP contribution in [0.3, 0.4) is 0 Å². The molecule has 10 nitrogen and oxygen atoms in total. The molecular formula is C32H34ClF3N6O4. The first-order valence-corrected chi connectivity index (χ1v) is 15.4. The highest BCUT2D eigenvalue weighted by Crippen LogP contribution is 2.33. The number of nitrogens with two attached hydrogens (primary N) is 1. The molecule has 3 aromatic rings. The van der Waals surface area contributed by atoms with Crippen molar-refractivity contribution < 1.29 is 32.6 Å². The summed E-state index contributed by atoms with van der Waals surface area (Å²) >= 11 is 5.86. The van der Waals surface area contributed by atoms with E-state index in [1.54, 1.807) is 12.1 Å². The van der Waals surface area contributed by atoms with E-state index in [9.17, 15) is 27.9 Å². The molecule has 4 N–H and O–H groups in total. The minimum absolute atomic E-state index is 0.0455. The number of carbonyl (C=O) groups excluding carboxylic acids is 2. The molecule has 3 fully saturated rings. The number of halogens is 4. The molecule has 46 heavy (non-hydrogen) atoms. The Morgan fingerprint density at radius 2 is 1.85 bits per heavy atom.